The van der Waals surface area contributed by atoms with E-state index in [2.05, 4.69) is 23.8 Å². The summed E-state index contributed by atoms with van der Waals surface area (Å²) in [4.78, 5) is 0. The Balaban J connectivity index is 2.01. The molecule has 2 fully saturated rings. The van der Waals surface area contributed by atoms with E-state index < -0.39 is 61.2 Å². The maximum absolute atomic E-state index is 10.5. The van der Waals surface area contributed by atoms with Crippen LogP contribution in [0.25, 0.3) is 0 Å². The second kappa shape index (κ2) is 12.4. The van der Waals surface area contributed by atoms with Gasteiger partial charge in [-0.15, -0.1) is 0 Å². The molecule has 0 spiro atoms. The maximum Gasteiger partial charge on any atom is 0.187 e. The van der Waals surface area contributed by atoms with Crippen LogP contribution in [-0.2, 0) is 14.2 Å². The molecule has 10 atom stereocenters. The van der Waals surface area contributed by atoms with Crippen LogP contribution in [0.4, 0.5) is 0 Å². The smallest absolute Gasteiger partial charge is 0.187 e. The van der Waals surface area contributed by atoms with Crippen molar-refractivity contribution < 1.29 is 44.8 Å². The van der Waals surface area contributed by atoms with Crippen LogP contribution in [0.5, 0.6) is 0 Å². The normalized spacial score (nSPS) is 40.1. The van der Waals surface area contributed by atoms with Gasteiger partial charge in [0.1, 0.15) is 30.5 Å². The molecular weight excluding hydrogens is 424 g/mol. The van der Waals surface area contributed by atoms with Crippen LogP contribution in [0, 0.1) is 5.92 Å². The van der Waals surface area contributed by atoms with E-state index >= 15 is 0 Å². The summed E-state index contributed by atoms with van der Waals surface area (Å²) in [6.07, 6.45) is -11.2. The van der Waals surface area contributed by atoms with Crippen molar-refractivity contribution in [2.24, 2.45) is 5.92 Å². The number of rotatable bonds is 11. The van der Waals surface area contributed by atoms with Crippen LogP contribution in [0.3, 0.4) is 0 Å². The van der Waals surface area contributed by atoms with Crippen molar-refractivity contribution in [2.45, 2.75) is 75.6 Å². The van der Waals surface area contributed by atoms with Gasteiger partial charge in [-0.2, -0.15) is 0 Å². The summed E-state index contributed by atoms with van der Waals surface area (Å²) in [5.74, 6) is -0.492. The second-order valence-corrected chi connectivity index (χ2v) is 8.32. The highest BCUT2D eigenvalue weighted by molar-refractivity contribution is 5.20. The third kappa shape index (κ3) is 6.48. The molecular formula is C21H38N2O9. The van der Waals surface area contributed by atoms with Gasteiger partial charge >= 0.3 is 0 Å². The zero-order valence-electron chi connectivity index (χ0n) is 18.6. The molecule has 0 aliphatic carbocycles. The third-order valence-corrected chi connectivity index (χ3v) is 5.96. The lowest BCUT2D eigenvalue weighted by molar-refractivity contribution is -0.348. The van der Waals surface area contributed by atoms with Gasteiger partial charge in [0.2, 0.25) is 0 Å². The highest BCUT2D eigenvalue weighted by atomic mass is 16.7. The molecule has 0 saturated carbocycles. The first kappa shape index (κ1) is 27.1. The summed E-state index contributed by atoms with van der Waals surface area (Å²) in [6.45, 7) is 12.0. The van der Waals surface area contributed by atoms with Gasteiger partial charge in [-0.25, -0.2) is 0 Å². The second-order valence-electron chi connectivity index (χ2n) is 8.32. The fourth-order valence-corrected chi connectivity index (χ4v) is 3.89. The number of nitrogens with one attached hydrogen (secondary N) is 2. The van der Waals surface area contributed by atoms with Crippen LogP contribution in [0.2, 0.25) is 0 Å². The predicted molar refractivity (Wildman–Crippen MR) is 114 cm³/mol. The van der Waals surface area contributed by atoms with E-state index in [9.17, 15) is 30.6 Å². The lowest BCUT2D eigenvalue weighted by atomic mass is 9.87. The van der Waals surface area contributed by atoms with Gasteiger partial charge in [0.05, 0.1) is 18.8 Å². The summed E-state index contributed by atoms with van der Waals surface area (Å²) in [6, 6.07) is 0. The molecule has 0 aromatic carbocycles. The monoisotopic (exact) mass is 462 g/mol. The molecule has 11 nitrogen and oxygen atoms in total. The van der Waals surface area contributed by atoms with E-state index in [1.807, 2.05) is 6.92 Å². The Kier molecular flexibility index (Phi) is 10.5. The van der Waals surface area contributed by atoms with E-state index in [0.717, 1.165) is 5.57 Å². The first-order chi connectivity index (χ1) is 15.1. The molecule has 186 valence electrons. The molecule has 0 bridgehead atoms. The summed E-state index contributed by atoms with van der Waals surface area (Å²) in [5, 5.41) is 67.1. The predicted octanol–water partition coefficient (Wildman–Crippen LogP) is -2.46. The van der Waals surface area contributed by atoms with Crippen molar-refractivity contribution in [3.8, 4) is 0 Å². The van der Waals surface area contributed by atoms with Crippen molar-refractivity contribution in [1.29, 1.82) is 0 Å². The minimum atomic E-state index is -1.64. The summed E-state index contributed by atoms with van der Waals surface area (Å²) in [7, 11) is 0. The van der Waals surface area contributed by atoms with Gasteiger partial charge in [-0.1, -0.05) is 20.1 Å². The van der Waals surface area contributed by atoms with Crippen molar-refractivity contribution in [3.05, 3.63) is 24.4 Å². The quantitative estimate of drug-likeness (QED) is 0.121. The molecule has 2 heterocycles. The Morgan fingerprint density at radius 2 is 1.62 bits per heavy atom. The highest BCUT2D eigenvalue weighted by Gasteiger charge is 2.49. The van der Waals surface area contributed by atoms with Gasteiger partial charge < -0.3 is 55.5 Å². The molecule has 2 saturated heterocycles. The molecule has 2 rings (SSSR count). The van der Waals surface area contributed by atoms with Crippen LogP contribution in [0.1, 0.15) is 20.3 Å². The van der Waals surface area contributed by atoms with Gasteiger partial charge in [0.15, 0.2) is 12.6 Å². The SMILES string of the molecule is C=C(C)C(=C)NCCNC[C@H]1O[C@H](O)[C@H](O)[C@@H](O)[C@@H]1O[C@H]1O[C@H](CO)[C@@H](CC)[C@H](O)[C@H]1O. The number of allylic oxidation sites excluding steroid dienone is 1. The Morgan fingerprint density at radius 3 is 2.22 bits per heavy atom. The van der Waals surface area contributed by atoms with Crippen LogP contribution in [-0.4, -0.2) is 112 Å². The number of hydrogen-bond acceptors (Lipinski definition) is 11. The number of aliphatic hydroxyl groups is 6. The first-order valence-electron chi connectivity index (χ1n) is 10.9. The lowest BCUT2D eigenvalue weighted by Gasteiger charge is -2.46. The Labute approximate surface area is 188 Å². The van der Waals surface area contributed by atoms with Crippen LogP contribution < -0.4 is 10.6 Å². The first-order valence-corrected chi connectivity index (χ1v) is 10.9. The van der Waals surface area contributed by atoms with E-state index in [-0.39, 0.29) is 13.2 Å². The van der Waals surface area contributed by atoms with E-state index in [1.54, 1.807) is 6.92 Å². The molecule has 2 aliphatic rings. The van der Waals surface area contributed by atoms with Gasteiger partial charge in [-0.05, 0) is 18.9 Å². The van der Waals surface area contributed by atoms with Crippen molar-refractivity contribution >= 4 is 0 Å². The van der Waals surface area contributed by atoms with E-state index in [4.69, 9.17) is 14.2 Å². The molecule has 32 heavy (non-hydrogen) atoms. The molecule has 0 unspecified atom stereocenters. The topological polar surface area (TPSA) is 173 Å². The summed E-state index contributed by atoms with van der Waals surface area (Å²) < 4.78 is 16.8. The Hall–Kier alpha value is -1.12. The molecule has 0 aromatic rings. The van der Waals surface area contributed by atoms with E-state index in [1.165, 1.54) is 0 Å². The maximum atomic E-state index is 10.5. The zero-order valence-corrected chi connectivity index (χ0v) is 18.6. The third-order valence-electron chi connectivity index (χ3n) is 5.96. The minimum Gasteiger partial charge on any atom is -0.394 e. The number of hydrogen-bond donors (Lipinski definition) is 8. The standard InChI is InChI=1S/C21H38N2O9/c1-5-12-14(9-24)31-21(18(28)15(12)25)32-19-13(30-20(29)17(27)16(19)26)8-22-6-7-23-11(4)10(2)3/h12-29H,2,4-9H2,1,3H3/t12-,13-,14-,15+,16-,17-,18-,19-,20+,21-/m1/s1. The van der Waals surface area contributed by atoms with Crippen LogP contribution in [0.15, 0.2) is 24.4 Å². The molecule has 0 radical (unpaired) electrons. The lowest BCUT2D eigenvalue weighted by Crippen LogP contribution is -2.64. The summed E-state index contributed by atoms with van der Waals surface area (Å²) in [5.41, 5.74) is 1.52. The molecule has 0 amide bonds. The average molecular weight is 463 g/mol. The molecule has 2 aliphatic heterocycles. The zero-order chi connectivity index (χ0) is 24.0. The Morgan fingerprint density at radius 1 is 0.938 bits per heavy atom. The van der Waals surface area contributed by atoms with Gasteiger partial charge in [-0.3, -0.25) is 0 Å². The average Bonchev–Trinajstić information content (AvgIpc) is 2.76. The minimum absolute atomic E-state index is 0.138. The largest absolute Gasteiger partial charge is 0.394 e. The number of ether oxygens (including phenoxy) is 3. The van der Waals surface area contributed by atoms with Crippen molar-refractivity contribution in [1.82, 2.24) is 10.6 Å². The summed E-state index contributed by atoms with van der Waals surface area (Å²) >= 11 is 0. The number of aliphatic hydroxyl groups excluding tert-OH is 6. The molecule has 0 aromatic heterocycles. The van der Waals surface area contributed by atoms with Crippen LogP contribution >= 0.6 is 0 Å². The Bertz CT molecular complexity index is 620. The van der Waals surface area contributed by atoms with E-state index in [0.29, 0.717) is 25.2 Å². The molecule has 8 N–H and O–H groups in total. The van der Waals surface area contributed by atoms with Crippen molar-refractivity contribution in [3.63, 3.8) is 0 Å². The fraction of sp³-hybridized carbons (Fsp3) is 0.810. The highest BCUT2D eigenvalue weighted by Crippen LogP contribution is 2.32. The van der Waals surface area contributed by atoms with Gasteiger partial charge in [0, 0.05) is 31.2 Å². The van der Waals surface area contributed by atoms with Crippen molar-refractivity contribution in [2.75, 3.05) is 26.2 Å². The van der Waals surface area contributed by atoms with Gasteiger partial charge in [0.25, 0.3) is 0 Å². The molecule has 11 heteroatoms. The fourth-order valence-electron chi connectivity index (χ4n) is 3.89.